The number of piperidine rings is 1. The molecule has 1 aliphatic heterocycles. The van der Waals surface area contributed by atoms with Gasteiger partial charge in [-0.2, -0.15) is 13.2 Å². The van der Waals surface area contributed by atoms with Crippen LogP contribution < -0.4 is 11.5 Å². The van der Waals surface area contributed by atoms with Gasteiger partial charge in [0.25, 0.3) is 5.91 Å². The van der Waals surface area contributed by atoms with E-state index in [-0.39, 0.29) is 5.91 Å². The number of likely N-dealkylation sites (tertiary alicyclic amines) is 1. The maximum absolute atomic E-state index is 13.1. The summed E-state index contributed by atoms with van der Waals surface area (Å²) in [7, 11) is 0. The predicted molar refractivity (Wildman–Crippen MR) is 138 cm³/mol. The lowest BCUT2D eigenvalue weighted by Gasteiger charge is -2.32. The van der Waals surface area contributed by atoms with Crippen molar-refractivity contribution in [2.45, 2.75) is 44.3 Å². The first kappa shape index (κ1) is 28.6. The van der Waals surface area contributed by atoms with E-state index < -0.39 is 12.1 Å². The van der Waals surface area contributed by atoms with E-state index in [1.807, 2.05) is 41.4 Å². The lowest BCUT2D eigenvalue weighted by Crippen LogP contribution is -2.38. The van der Waals surface area contributed by atoms with Crippen molar-refractivity contribution < 1.29 is 27.9 Å². The summed E-state index contributed by atoms with van der Waals surface area (Å²) in [6.07, 6.45) is 0.454. The number of carboxylic acids is 1. The monoisotopic (exact) mass is 528 g/mol. The molecule has 1 saturated heterocycles. The highest BCUT2D eigenvalue weighted by molar-refractivity contribution is 5.94. The van der Waals surface area contributed by atoms with Crippen molar-refractivity contribution >= 4 is 17.7 Å². The molecule has 1 aliphatic rings. The molecule has 1 amide bonds. The van der Waals surface area contributed by atoms with Gasteiger partial charge in [-0.25, -0.2) is 9.78 Å². The van der Waals surface area contributed by atoms with E-state index in [2.05, 4.69) is 35.3 Å². The molecule has 0 spiro atoms. The standard InChI is InChI=1S/C26H30N4O.C2HF3O2/c27-17-21-4-2-5-23(16-21)22-11-13-30(14-12-22)26(31)24-6-1-3-19(15-24)7-8-20-9-10-25(28)29-18-20;3-2(4,5)1(6)7/h1-6,9-10,15-16,18,22H,7-8,11-14,17,27H2,(H2,28,29);(H,6,7). The number of aliphatic carboxylic acids is 1. The van der Waals surface area contributed by atoms with Gasteiger partial charge in [0, 0.05) is 31.4 Å². The quantitative estimate of drug-likeness (QED) is 0.431. The molecule has 1 fully saturated rings. The number of aromatic nitrogens is 1. The number of nitrogens with two attached hydrogens (primary N) is 2. The lowest BCUT2D eigenvalue weighted by atomic mass is 9.88. The van der Waals surface area contributed by atoms with E-state index in [1.54, 1.807) is 0 Å². The second kappa shape index (κ2) is 13.0. The number of amides is 1. The first-order valence-corrected chi connectivity index (χ1v) is 12.2. The fraction of sp³-hybridized carbons (Fsp3) is 0.321. The van der Waals surface area contributed by atoms with Crippen LogP contribution in [0.25, 0.3) is 0 Å². The highest BCUT2D eigenvalue weighted by Crippen LogP contribution is 2.29. The van der Waals surface area contributed by atoms with Crippen molar-refractivity contribution in [2.75, 3.05) is 18.8 Å². The zero-order valence-corrected chi connectivity index (χ0v) is 20.8. The van der Waals surface area contributed by atoms with Crippen LogP contribution in [0.15, 0.2) is 66.9 Å². The summed E-state index contributed by atoms with van der Waals surface area (Å²) in [6.45, 7) is 2.14. The number of hydrogen-bond acceptors (Lipinski definition) is 5. The van der Waals surface area contributed by atoms with Gasteiger partial charge in [0.05, 0.1) is 0 Å². The number of anilines is 1. The molecule has 0 saturated carbocycles. The number of pyridine rings is 1. The van der Waals surface area contributed by atoms with Gasteiger partial charge < -0.3 is 21.5 Å². The van der Waals surface area contributed by atoms with Gasteiger partial charge in [0.15, 0.2) is 0 Å². The van der Waals surface area contributed by atoms with Crippen LogP contribution in [0.2, 0.25) is 0 Å². The van der Waals surface area contributed by atoms with Gasteiger partial charge in [-0.15, -0.1) is 0 Å². The van der Waals surface area contributed by atoms with Crippen molar-refractivity contribution in [1.29, 1.82) is 0 Å². The smallest absolute Gasteiger partial charge is 0.475 e. The number of alkyl halides is 3. The number of carboxylic acid groups (broad SMARTS) is 1. The van der Waals surface area contributed by atoms with Crippen molar-refractivity contribution in [2.24, 2.45) is 5.73 Å². The van der Waals surface area contributed by atoms with E-state index in [0.717, 1.165) is 55.5 Å². The summed E-state index contributed by atoms with van der Waals surface area (Å²) in [5.41, 5.74) is 17.0. The third kappa shape index (κ3) is 8.31. The molecule has 0 bridgehead atoms. The number of hydrogen-bond donors (Lipinski definition) is 3. The molecule has 38 heavy (non-hydrogen) atoms. The zero-order valence-electron chi connectivity index (χ0n) is 20.8. The fourth-order valence-electron chi connectivity index (χ4n) is 4.30. The van der Waals surface area contributed by atoms with Gasteiger partial charge in [-0.3, -0.25) is 4.79 Å². The summed E-state index contributed by atoms with van der Waals surface area (Å²) >= 11 is 0. The number of nitrogens with zero attached hydrogens (tertiary/aromatic N) is 2. The maximum atomic E-state index is 13.1. The normalized spacial score (nSPS) is 13.9. The largest absolute Gasteiger partial charge is 0.490 e. The molecule has 0 aliphatic carbocycles. The van der Waals surface area contributed by atoms with Crippen molar-refractivity contribution in [1.82, 2.24) is 9.88 Å². The maximum Gasteiger partial charge on any atom is 0.490 e. The summed E-state index contributed by atoms with van der Waals surface area (Å²) in [4.78, 5) is 28.1. The molecule has 0 atom stereocenters. The van der Waals surface area contributed by atoms with E-state index in [9.17, 15) is 18.0 Å². The van der Waals surface area contributed by atoms with Crippen molar-refractivity contribution in [3.63, 3.8) is 0 Å². The summed E-state index contributed by atoms with van der Waals surface area (Å²) in [5, 5.41) is 7.12. The van der Waals surface area contributed by atoms with Crippen LogP contribution in [-0.2, 0) is 24.2 Å². The molecule has 1 aromatic heterocycles. The molecule has 2 heterocycles. The summed E-state index contributed by atoms with van der Waals surface area (Å²) in [5.74, 6) is -1.60. The van der Waals surface area contributed by atoms with Gasteiger partial charge in [-0.1, -0.05) is 42.5 Å². The first-order chi connectivity index (χ1) is 18.1. The highest BCUT2D eigenvalue weighted by atomic mass is 19.4. The average Bonchev–Trinajstić information content (AvgIpc) is 2.92. The number of rotatable bonds is 6. The van der Waals surface area contributed by atoms with E-state index in [4.69, 9.17) is 21.4 Å². The van der Waals surface area contributed by atoms with Gasteiger partial charge in [0.2, 0.25) is 0 Å². The SMILES string of the molecule is NCc1cccc(C2CCN(C(=O)c3cccc(CCc4ccc(N)nc4)c3)CC2)c1.O=C(O)C(F)(F)F. The Morgan fingerprint density at radius 3 is 2.18 bits per heavy atom. The minimum atomic E-state index is -5.08. The number of aryl methyl sites for hydroxylation is 2. The zero-order chi connectivity index (χ0) is 27.7. The molecular formula is C28H31F3N4O3. The Bertz CT molecular complexity index is 1220. The molecule has 2 aromatic carbocycles. The Balaban J connectivity index is 0.000000505. The Labute approximate surface area is 219 Å². The topological polar surface area (TPSA) is 123 Å². The first-order valence-electron chi connectivity index (χ1n) is 12.2. The third-order valence-electron chi connectivity index (χ3n) is 6.41. The van der Waals surface area contributed by atoms with Crippen LogP contribution in [0.5, 0.6) is 0 Å². The Morgan fingerprint density at radius 1 is 0.947 bits per heavy atom. The molecule has 3 aromatic rings. The van der Waals surface area contributed by atoms with Crippen LogP contribution >= 0.6 is 0 Å². The Hall–Kier alpha value is -3.92. The predicted octanol–water partition coefficient (Wildman–Crippen LogP) is 4.56. The molecule has 202 valence electrons. The number of carbonyl (C=O) groups is 2. The average molecular weight is 529 g/mol. The van der Waals surface area contributed by atoms with Crippen molar-refractivity contribution in [3.05, 3.63) is 94.7 Å². The molecular weight excluding hydrogens is 497 g/mol. The second-order valence-electron chi connectivity index (χ2n) is 9.11. The molecule has 5 N–H and O–H groups in total. The van der Waals surface area contributed by atoms with E-state index in [1.165, 1.54) is 11.1 Å². The van der Waals surface area contributed by atoms with Crippen LogP contribution in [0.1, 0.15) is 51.4 Å². The summed E-state index contributed by atoms with van der Waals surface area (Å²) < 4.78 is 31.7. The Kier molecular flexibility index (Phi) is 9.84. The molecule has 10 heteroatoms. The molecule has 7 nitrogen and oxygen atoms in total. The Morgan fingerprint density at radius 2 is 1.58 bits per heavy atom. The van der Waals surface area contributed by atoms with Crippen molar-refractivity contribution in [3.8, 4) is 0 Å². The van der Waals surface area contributed by atoms with Crippen LogP contribution in [0.3, 0.4) is 0 Å². The lowest BCUT2D eigenvalue weighted by molar-refractivity contribution is -0.192. The molecule has 0 radical (unpaired) electrons. The third-order valence-corrected chi connectivity index (χ3v) is 6.41. The minimum absolute atomic E-state index is 0.130. The number of benzene rings is 2. The second-order valence-corrected chi connectivity index (χ2v) is 9.11. The fourth-order valence-corrected chi connectivity index (χ4v) is 4.30. The number of carbonyl (C=O) groups excluding carboxylic acids is 1. The highest BCUT2D eigenvalue weighted by Gasteiger charge is 2.38. The molecule has 4 rings (SSSR count). The van der Waals surface area contributed by atoms with Crippen LogP contribution in [0.4, 0.5) is 19.0 Å². The van der Waals surface area contributed by atoms with E-state index >= 15 is 0 Å². The van der Waals surface area contributed by atoms with E-state index in [0.29, 0.717) is 18.3 Å². The summed E-state index contributed by atoms with van der Waals surface area (Å²) in [6, 6.07) is 20.4. The minimum Gasteiger partial charge on any atom is -0.475 e. The van der Waals surface area contributed by atoms with Crippen LogP contribution in [-0.4, -0.2) is 46.1 Å². The van der Waals surface area contributed by atoms with Gasteiger partial charge in [0.1, 0.15) is 5.82 Å². The molecule has 0 unspecified atom stereocenters. The van der Waals surface area contributed by atoms with Crippen LogP contribution in [0, 0.1) is 0 Å². The van der Waals surface area contributed by atoms with Gasteiger partial charge >= 0.3 is 12.1 Å². The number of halogens is 3. The number of nitrogen functional groups attached to an aromatic ring is 1. The van der Waals surface area contributed by atoms with Gasteiger partial charge in [-0.05, 0) is 72.1 Å².